The molecule has 3 aromatic carbocycles. The molecule has 0 radical (unpaired) electrons. The van der Waals surface area contributed by atoms with Crippen molar-refractivity contribution < 1.29 is 23.0 Å². The Kier molecular flexibility index (Phi) is 6.34. The lowest BCUT2D eigenvalue weighted by Crippen LogP contribution is -2.27. The minimum Gasteiger partial charge on any atom is -0.493 e. The zero-order valence-corrected chi connectivity index (χ0v) is 18.6. The lowest BCUT2D eigenvalue weighted by molar-refractivity contribution is 0.0743. The van der Waals surface area contributed by atoms with Gasteiger partial charge in [-0.2, -0.15) is 5.10 Å². The monoisotopic (exact) mass is 474 g/mol. The Morgan fingerprint density at radius 2 is 1.75 bits per heavy atom. The Labute approximate surface area is 192 Å². The second-order valence-corrected chi connectivity index (χ2v) is 8.19. The van der Waals surface area contributed by atoms with Gasteiger partial charge < -0.3 is 9.47 Å². The van der Waals surface area contributed by atoms with Crippen molar-refractivity contribution in [2.45, 2.75) is 5.37 Å². The Balaban J connectivity index is 1.82. The summed E-state index contributed by atoms with van der Waals surface area (Å²) in [6.07, 6.45) is 0. The number of ether oxygens (including phenoxy) is 2. The number of carbonyl (C=O) groups excluding carboxylic acids is 1. The number of nitrogens with zero attached hydrogens (tertiary/aromatic N) is 2. The summed E-state index contributed by atoms with van der Waals surface area (Å²) in [7, 11) is 3.00. The SMILES string of the molecule is COc1cccc(C2SC(c3ccc(F)cc3)=NN2C(=O)c2cccc(Cl)c2F)c1OC. The van der Waals surface area contributed by atoms with E-state index in [1.807, 2.05) is 0 Å². The standard InChI is InChI=1S/C23H17ClF2N2O3S/c1-30-18-8-4-6-16(20(18)31-2)23-28(22(29)15-5-3-7-17(24)19(15)26)27-21(32-23)13-9-11-14(25)12-10-13/h3-12,23H,1-2H3. The van der Waals surface area contributed by atoms with Gasteiger partial charge in [0.1, 0.15) is 16.2 Å². The molecule has 0 saturated heterocycles. The minimum absolute atomic E-state index is 0.166. The molecule has 1 unspecified atom stereocenters. The molecule has 0 spiro atoms. The van der Waals surface area contributed by atoms with E-state index in [4.69, 9.17) is 21.1 Å². The van der Waals surface area contributed by atoms with E-state index in [2.05, 4.69) is 5.10 Å². The number of methoxy groups -OCH3 is 2. The van der Waals surface area contributed by atoms with E-state index in [1.165, 1.54) is 61.3 Å². The van der Waals surface area contributed by atoms with Crippen molar-refractivity contribution in [1.29, 1.82) is 0 Å². The fourth-order valence-corrected chi connectivity index (χ4v) is 4.64. The van der Waals surface area contributed by atoms with Gasteiger partial charge in [0.05, 0.1) is 24.8 Å². The normalized spacial score (nSPS) is 15.5. The Bertz CT molecular complexity index is 1200. The van der Waals surface area contributed by atoms with Gasteiger partial charge in [0.25, 0.3) is 5.91 Å². The van der Waals surface area contributed by atoms with Crippen LogP contribution >= 0.6 is 23.4 Å². The number of benzene rings is 3. The zero-order chi connectivity index (χ0) is 22.8. The summed E-state index contributed by atoms with van der Waals surface area (Å²) >= 11 is 7.14. The third-order valence-electron chi connectivity index (χ3n) is 4.82. The minimum atomic E-state index is -0.828. The predicted octanol–water partition coefficient (Wildman–Crippen LogP) is 5.89. The number of thioether (sulfide) groups is 1. The molecule has 32 heavy (non-hydrogen) atoms. The van der Waals surface area contributed by atoms with Gasteiger partial charge in [-0.05, 0) is 42.5 Å². The van der Waals surface area contributed by atoms with Crippen molar-refractivity contribution in [3.8, 4) is 11.5 Å². The van der Waals surface area contributed by atoms with Crippen molar-refractivity contribution >= 4 is 34.3 Å². The van der Waals surface area contributed by atoms with E-state index >= 15 is 0 Å². The maximum absolute atomic E-state index is 14.6. The molecule has 9 heteroatoms. The maximum atomic E-state index is 14.6. The van der Waals surface area contributed by atoms with Crippen LogP contribution in [-0.4, -0.2) is 30.2 Å². The van der Waals surface area contributed by atoms with Crippen LogP contribution in [0.5, 0.6) is 11.5 Å². The van der Waals surface area contributed by atoms with Gasteiger partial charge in [0.15, 0.2) is 17.3 Å². The van der Waals surface area contributed by atoms with Crippen LogP contribution in [0.15, 0.2) is 65.8 Å². The number of amides is 1. The number of carbonyl (C=O) groups is 1. The van der Waals surface area contributed by atoms with Gasteiger partial charge >= 0.3 is 0 Å². The lowest BCUT2D eigenvalue weighted by atomic mass is 10.1. The fourth-order valence-electron chi connectivity index (χ4n) is 3.29. The van der Waals surface area contributed by atoms with Crippen molar-refractivity contribution in [2.24, 2.45) is 5.10 Å². The van der Waals surface area contributed by atoms with Crippen LogP contribution in [0.3, 0.4) is 0 Å². The second-order valence-electron chi connectivity index (χ2n) is 6.72. The molecule has 0 bridgehead atoms. The van der Waals surface area contributed by atoms with E-state index in [1.54, 1.807) is 30.3 Å². The number of para-hydroxylation sites is 1. The first-order chi connectivity index (χ1) is 15.4. The van der Waals surface area contributed by atoms with Gasteiger partial charge in [0, 0.05) is 11.1 Å². The highest BCUT2D eigenvalue weighted by atomic mass is 35.5. The van der Waals surface area contributed by atoms with Crippen LogP contribution in [0, 0.1) is 11.6 Å². The summed E-state index contributed by atoms with van der Waals surface area (Å²) in [6, 6.07) is 15.2. The highest BCUT2D eigenvalue weighted by Gasteiger charge is 2.38. The molecule has 1 heterocycles. The molecule has 3 aromatic rings. The van der Waals surface area contributed by atoms with Gasteiger partial charge in [-0.3, -0.25) is 4.79 Å². The van der Waals surface area contributed by atoms with Gasteiger partial charge in [-0.25, -0.2) is 13.8 Å². The maximum Gasteiger partial charge on any atom is 0.278 e. The molecule has 0 fully saturated rings. The number of hydrazone groups is 1. The molecular formula is C23H17ClF2N2O3S. The van der Waals surface area contributed by atoms with Crippen molar-refractivity contribution in [1.82, 2.24) is 5.01 Å². The topological polar surface area (TPSA) is 51.1 Å². The summed E-state index contributed by atoms with van der Waals surface area (Å²) in [6.45, 7) is 0. The summed E-state index contributed by atoms with van der Waals surface area (Å²) < 4.78 is 39.0. The second kappa shape index (κ2) is 9.18. The molecule has 4 rings (SSSR count). The lowest BCUT2D eigenvalue weighted by Gasteiger charge is -2.23. The molecule has 5 nitrogen and oxygen atoms in total. The van der Waals surface area contributed by atoms with Gasteiger partial charge in [0.2, 0.25) is 0 Å². The molecule has 1 aliphatic rings. The average Bonchev–Trinajstić information content (AvgIpc) is 3.25. The van der Waals surface area contributed by atoms with Crippen LogP contribution in [0.4, 0.5) is 8.78 Å². The fraction of sp³-hybridized carbons (Fsp3) is 0.130. The molecular weight excluding hydrogens is 458 g/mol. The molecule has 1 atom stereocenters. The Morgan fingerprint density at radius 1 is 1.03 bits per heavy atom. The van der Waals surface area contributed by atoms with Crippen LogP contribution in [0.25, 0.3) is 0 Å². The smallest absolute Gasteiger partial charge is 0.278 e. The summed E-state index contributed by atoms with van der Waals surface area (Å²) in [5, 5.41) is 5.25. The number of hydrogen-bond donors (Lipinski definition) is 0. The van der Waals surface area contributed by atoms with Crippen molar-refractivity contribution in [3.05, 3.63) is 94.0 Å². The van der Waals surface area contributed by atoms with Crippen molar-refractivity contribution in [3.63, 3.8) is 0 Å². The summed E-state index contributed by atoms with van der Waals surface area (Å²) in [5.74, 6) is -0.998. The average molecular weight is 475 g/mol. The van der Waals surface area contributed by atoms with E-state index in [9.17, 15) is 13.6 Å². The summed E-state index contributed by atoms with van der Waals surface area (Å²) in [5.41, 5.74) is 1.01. The van der Waals surface area contributed by atoms with E-state index in [0.29, 0.717) is 27.7 Å². The zero-order valence-electron chi connectivity index (χ0n) is 17.0. The van der Waals surface area contributed by atoms with Crippen LogP contribution in [0.2, 0.25) is 5.02 Å². The van der Waals surface area contributed by atoms with Gasteiger partial charge in [-0.1, -0.05) is 41.6 Å². The number of hydrogen-bond acceptors (Lipinski definition) is 5. The van der Waals surface area contributed by atoms with Crippen molar-refractivity contribution in [2.75, 3.05) is 14.2 Å². The number of halogens is 3. The first-order valence-corrected chi connectivity index (χ1v) is 10.7. The molecule has 0 saturated carbocycles. The first kappa shape index (κ1) is 22.1. The highest BCUT2D eigenvalue weighted by molar-refractivity contribution is 8.14. The third kappa shape index (κ3) is 4.03. The van der Waals surface area contributed by atoms with Crippen LogP contribution in [0.1, 0.15) is 26.9 Å². The largest absolute Gasteiger partial charge is 0.493 e. The van der Waals surface area contributed by atoms with Crippen LogP contribution < -0.4 is 9.47 Å². The van der Waals surface area contributed by atoms with Gasteiger partial charge in [-0.15, -0.1) is 0 Å². The predicted molar refractivity (Wildman–Crippen MR) is 120 cm³/mol. The Morgan fingerprint density at radius 3 is 2.44 bits per heavy atom. The van der Waals surface area contributed by atoms with E-state index in [0.717, 1.165) is 0 Å². The number of rotatable bonds is 5. The molecule has 1 aliphatic heterocycles. The Hall–Kier alpha value is -3.10. The summed E-state index contributed by atoms with van der Waals surface area (Å²) in [4.78, 5) is 13.4. The highest BCUT2D eigenvalue weighted by Crippen LogP contribution is 2.47. The van der Waals surface area contributed by atoms with E-state index in [-0.39, 0.29) is 10.6 Å². The molecule has 0 aromatic heterocycles. The molecule has 0 aliphatic carbocycles. The van der Waals surface area contributed by atoms with E-state index < -0.39 is 22.9 Å². The molecule has 0 N–H and O–H groups in total. The first-order valence-electron chi connectivity index (χ1n) is 9.44. The molecule has 164 valence electrons. The third-order valence-corrected chi connectivity index (χ3v) is 6.33. The quantitative estimate of drug-likeness (QED) is 0.463. The van der Waals surface area contributed by atoms with Crippen LogP contribution in [-0.2, 0) is 0 Å². The molecule has 1 amide bonds.